The molecule has 1 unspecified atom stereocenters. The van der Waals surface area contributed by atoms with Gasteiger partial charge in [0.1, 0.15) is 10.7 Å². The van der Waals surface area contributed by atoms with Gasteiger partial charge < -0.3 is 9.72 Å². The average molecular weight is 477 g/mol. The van der Waals surface area contributed by atoms with E-state index in [1.54, 1.807) is 29.9 Å². The second-order valence-corrected chi connectivity index (χ2v) is 10.1. The molecule has 162 valence electrons. The van der Waals surface area contributed by atoms with E-state index in [1.807, 2.05) is 20.8 Å². The fourth-order valence-electron chi connectivity index (χ4n) is 3.32. The molecule has 0 aliphatic carbocycles. The number of thiophene rings is 1. The van der Waals surface area contributed by atoms with E-state index in [1.165, 1.54) is 23.1 Å². The summed E-state index contributed by atoms with van der Waals surface area (Å²) in [4.78, 5) is 39.8. The summed E-state index contributed by atoms with van der Waals surface area (Å²) in [5.74, 6) is 0.544. The lowest BCUT2D eigenvalue weighted by Gasteiger charge is -2.16. The smallest absolute Gasteiger partial charge is 0.262 e. The Morgan fingerprint density at radius 3 is 2.81 bits per heavy atom. The number of hydrogen-bond acceptors (Lipinski definition) is 7. The molecule has 3 heterocycles. The molecule has 0 spiro atoms. The van der Waals surface area contributed by atoms with Gasteiger partial charge in [-0.25, -0.2) is 9.97 Å². The van der Waals surface area contributed by atoms with Crippen LogP contribution in [0.1, 0.15) is 28.4 Å². The lowest BCUT2D eigenvalue weighted by molar-refractivity contribution is 0.183. The van der Waals surface area contributed by atoms with Gasteiger partial charge in [0, 0.05) is 17.0 Å². The minimum Gasteiger partial charge on any atom is -0.383 e. The quantitative estimate of drug-likeness (QED) is 0.326. The number of aromatic nitrogens is 4. The van der Waals surface area contributed by atoms with Crippen molar-refractivity contribution >= 4 is 55.8 Å². The van der Waals surface area contributed by atoms with Crippen LogP contribution in [-0.4, -0.2) is 33.2 Å². The van der Waals surface area contributed by atoms with E-state index >= 15 is 0 Å². The van der Waals surface area contributed by atoms with Crippen molar-refractivity contribution in [3.8, 4) is 0 Å². The first-order valence-electron chi connectivity index (χ1n) is 9.65. The third kappa shape index (κ3) is 4.15. The van der Waals surface area contributed by atoms with E-state index in [0.717, 1.165) is 15.3 Å². The summed E-state index contributed by atoms with van der Waals surface area (Å²) in [5.41, 5.74) is 1.18. The standard InChI is InChI=1S/C21H21ClN4O3S2/c1-10-11(2)30-19-16(10)18(27)24-17(25-19)12(3)31-21-23-15-9-13(22)5-6-14(15)20(28)26(21)7-8-29-4/h5-6,9,12H,7-8H2,1-4H3,(H,24,25,27). The molecule has 0 bridgehead atoms. The molecule has 0 saturated carbocycles. The van der Waals surface area contributed by atoms with Gasteiger partial charge in [0.15, 0.2) is 5.16 Å². The molecule has 31 heavy (non-hydrogen) atoms. The van der Waals surface area contributed by atoms with Crippen LogP contribution in [-0.2, 0) is 11.3 Å². The number of nitrogens with one attached hydrogen (secondary N) is 1. The minimum atomic E-state index is -0.239. The predicted octanol–water partition coefficient (Wildman–Crippen LogP) is 4.46. The molecule has 1 atom stereocenters. The second kappa shape index (κ2) is 8.74. The van der Waals surface area contributed by atoms with Crippen molar-refractivity contribution in [1.29, 1.82) is 0 Å². The first-order chi connectivity index (χ1) is 14.8. The van der Waals surface area contributed by atoms with Gasteiger partial charge in [-0.05, 0) is 44.5 Å². The number of hydrogen-bond donors (Lipinski definition) is 1. The molecule has 7 nitrogen and oxygen atoms in total. The monoisotopic (exact) mass is 476 g/mol. The van der Waals surface area contributed by atoms with Gasteiger partial charge in [-0.15, -0.1) is 11.3 Å². The Balaban J connectivity index is 1.79. The summed E-state index contributed by atoms with van der Waals surface area (Å²) >= 11 is 8.98. The first-order valence-corrected chi connectivity index (χ1v) is 11.7. The third-order valence-corrected chi connectivity index (χ3v) is 7.56. The third-order valence-electron chi connectivity index (χ3n) is 5.13. The number of benzene rings is 1. The van der Waals surface area contributed by atoms with E-state index in [0.29, 0.717) is 45.4 Å². The highest BCUT2D eigenvalue weighted by Crippen LogP contribution is 2.34. The van der Waals surface area contributed by atoms with Crippen molar-refractivity contribution in [3.63, 3.8) is 0 Å². The lowest BCUT2D eigenvalue weighted by atomic mass is 10.2. The van der Waals surface area contributed by atoms with Crippen molar-refractivity contribution in [1.82, 2.24) is 19.5 Å². The number of ether oxygens (including phenoxy) is 1. The topological polar surface area (TPSA) is 89.9 Å². The number of thioether (sulfide) groups is 1. The normalized spacial score (nSPS) is 12.7. The predicted molar refractivity (Wildman–Crippen MR) is 127 cm³/mol. The number of H-pyrrole nitrogens is 1. The zero-order valence-corrected chi connectivity index (χ0v) is 19.9. The molecule has 0 saturated heterocycles. The van der Waals surface area contributed by atoms with E-state index < -0.39 is 0 Å². The lowest BCUT2D eigenvalue weighted by Crippen LogP contribution is -2.25. The van der Waals surface area contributed by atoms with Crippen LogP contribution in [0.4, 0.5) is 0 Å². The highest BCUT2D eigenvalue weighted by Gasteiger charge is 2.19. The fourth-order valence-corrected chi connectivity index (χ4v) is 5.52. The van der Waals surface area contributed by atoms with Gasteiger partial charge in [0.05, 0.1) is 34.7 Å². The number of methoxy groups -OCH3 is 1. The number of fused-ring (bicyclic) bond motifs is 2. The highest BCUT2D eigenvalue weighted by molar-refractivity contribution is 7.99. The van der Waals surface area contributed by atoms with Crippen LogP contribution in [0, 0.1) is 13.8 Å². The van der Waals surface area contributed by atoms with Gasteiger partial charge in [0.25, 0.3) is 11.1 Å². The zero-order chi connectivity index (χ0) is 22.3. The van der Waals surface area contributed by atoms with Gasteiger partial charge >= 0.3 is 0 Å². The molecule has 0 radical (unpaired) electrons. The summed E-state index contributed by atoms with van der Waals surface area (Å²) in [7, 11) is 1.59. The van der Waals surface area contributed by atoms with Crippen LogP contribution in [0.15, 0.2) is 32.9 Å². The number of nitrogens with zero attached hydrogens (tertiary/aromatic N) is 3. The summed E-state index contributed by atoms with van der Waals surface area (Å²) in [6.07, 6.45) is 0. The maximum absolute atomic E-state index is 13.1. The number of aromatic amines is 1. The largest absolute Gasteiger partial charge is 0.383 e. The van der Waals surface area contributed by atoms with Crippen molar-refractivity contribution in [2.24, 2.45) is 0 Å². The van der Waals surface area contributed by atoms with E-state index in [2.05, 4.69) is 15.0 Å². The Morgan fingerprint density at radius 1 is 1.29 bits per heavy atom. The summed E-state index contributed by atoms with van der Waals surface area (Å²) in [6.45, 7) is 6.58. The Labute approximate surface area is 191 Å². The molecule has 0 aliphatic heterocycles. The Hall–Kier alpha value is -2.20. The van der Waals surface area contributed by atoms with E-state index in [4.69, 9.17) is 16.3 Å². The van der Waals surface area contributed by atoms with Crippen LogP contribution in [0.3, 0.4) is 0 Å². The Kier molecular flexibility index (Phi) is 6.20. The molecular weight excluding hydrogens is 456 g/mol. The second-order valence-electron chi connectivity index (χ2n) is 7.18. The van der Waals surface area contributed by atoms with Crippen LogP contribution < -0.4 is 11.1 Å². The van der Waals surface area contributed by atoms with Crippen LogP contribution >= 0.6 is 34.7 Å². The van der Waals surface area contributed by atoms with Crippen LogP contribution in [0.25, 0.3) is 21.1 Å². The van der Waals surface area contributed by atoms with Crippen molar-refractivity contribution in [2.75, 3.05) is 13.7 Å². The van der Waals surface area contributed by atoms with E-state index in [-0.39, 0.29) is 16.4 Å². The zero-order valence-electron chi connectivity index (χ0n) is 17.5. The molecular formula is C21H21ClN4O3S2. The summed E-state index contributed by atoms with van der Waals surface area (Å²) in [6, 6.07) is 5.04. The van der Waals surface area contributed by atoms with Gasteiger partial charge in [-0.2, -0.15) is 0 Å². The molecule has 4 rings (SSSR count). The molecule has 4 aromatic rings. The highest BCUT2D eigenvalue weighted by atomic mass is 35.5. The molecule has 0 fully saturated rings. The Morgan fingerprint density at radius 2 is 2.06 bits per heavy atom. The van der Waals surface area contributed by atoms with Gasteiger partial charge in [0.2, 0.25) is 0 Å². The summed E-state index contributed by atoms with van der Waals surface area (Å²) in [5, 5.41) is 1.93. The molecule has 1 aromatic carbocycles. The van der Waals surface area contributed by atoms with Gasteiger partial charge in [-0.1, -0.05) is 23.4 Å². The van der Waals surface area contributed by atoms with Crippen LogP contribution in [0.2, 0.25) is 5.02 Å². The maximum atomic E-state index is 13.1. The van der Waals surface area contributed by atoms with Crippen molar-refractivity contribution in [2.45, 2.75) is 37.7 Å². The van der Waals surface area contributed by atoms with E-state index in [9.17, 15) is 9.59 Å². The first kappa shape index (κ1) is 22.0. The van der Waals surface area contributed by atoms with Crippen molar-refractivity contribution < 1.29 is 4.74 Å². The SMILES string of the molecule is COCCn1c(SC(C)c2nc3sc(C)c(C)c3c(=O)[nH]2)nc2cc(Cl)ccc2c1=O. The molecule has 1 N–H and O–H groups in total. The summed E-state index contributed by atoms with van der Waals surface area (Å²) < 4.78 is 6.77. The number of aryl methyl sites for hydroxylation is 2. The molecule has 0 aliphatic rings. The molecule has 3 aromatic heterocycles. The molecule has 10 heteroatoms. The average Bonchev–Trinajstić information content (AvgIpc) is 3.01. The maximum Gasteiger partial charge on any atom is 0.262 e. The number of rotatable bonds is 6. The van der Waals surface area contributed by atoms with Crippen LogP contribution in [0.5, 0.6) is 0 Å². The Bertz CT molecular complexity index is 1410. The van der Waals surface area contributed by atoms with Gasteiger partial charge in [-0.3, -0.25) is 14.2 Å². The fraction of sp³-hybridized carbons (Fsp3) is 0.333. The number of halogens is 1. The van der Waals surface area contributed by atoms with Crippen molar-refractivity contribution in [3.05, 3.63) is 60.2 Å². The minimum absolute atomic E-state index is 0.149. The molecule has 0 amide bonds.